The van der Waals surface area contributed by atoms with Gasteiger partial charge < -0.3 is 24.4 Å². The van der Waals surface area contributed by atoms with E-state index in [9.17, 15) is 14.7 Å². The number of carbonyl (C=O) groups is 2. The highest BCUT2D eigenvalue weighted by atomic mass is 16.5. The Balaban J connectivity index is 1.85. The predicted octanol–water partition coefficient (Wildman–Crippen LogP) is -0.987. The lowest BCUT2D eigenvalue weighted by atomic mass is 10.1. The average molecular weight is 320 g/mol. The summed E-state index contributed by atoms with van der Waals surface area (Å²) in [5, 5.41) is 10.4. The number of rotatable bonds is 6. The zero-order valence-electron chi connectivity index (χ0n) is 13.7. The molecule has 6 heteroatoms. The fourth-order valence-corrected chi connectivity index (χ4v) is 2.97. The first-order chi connectivity index (χ1) is 11.0. The van der Waals surface area contributed by atoms with Gasteiger partial charge in [-0.1, -0.05) is 0 Å². The zero-order chi connectivity index (χ0) is 16.8. The van der Waals surface area contributed by atoms with E-state index in [0.717, 1.165) is 18.8 Å². The lowest BCUT2D eigenvalue weighted by Gasteiger charge is -2.35. The first-order valence-electron chi connectivity index (χ1n) is 7.97. The topological polar surface area (TPSA) is 74.1 Å². The van der Waals surface area contributed by atoms with Crippen molar-refractivity contribution in [2.75, 3.05) is 33.3 Å². The molecule has 2 rings (SSSR count). The number of methoxy groups -OCH3 is 1. The van der Waals surface area contributed by atoms with Crippen LogP contribution in [0.5, 0.6) is 5.75 Å². The summed E-state index contributed by atoms with van der Waals surface area (Å²) in [6.07, 6.45) is -0.167. The van der Waals surface area contributed by atoms with Gasteiger partial charge in [0.15, 0.2) is 0 Å². The van der Waals surface area contributed by atoms with E-state index < -0.39 is 5.97 Å². The number of piperazine rings is 1. The van der Waals surface area contributed by atoms with Crippen molar-refractivity contribution in [2.45, 2.75) is 25.8 Å². The molecule has 0 bridgehead atoms. The van der Waals surface area contributed by atoms with Gasteiger partial charge in [-0.25, -0.2) is 0 Å². The van der Waals surface area contributed by atoms with Gasteiger partial charge in [0.2, 0.25) is 5.91 Å². The van der Waals surface area contributed by atoms with Crippen LogP contribution in [0.15, 0.2) is 24.3 Å². The van der Waals surface area contributed by atoms with Crippen LogP contribution in [0.4, 0.5) is 0 Å². The summed E-state index contributed by atoms with van der Waals surface area (Å²) in [5.74, 6) is -0.416. The normalized spacial score (nSPS) is 16.9. The monoisotopic (exact) mass is 320 g/mol. The van der Waals surface area contributed by atoms with Crippen LogP contribution in [-0.2, 0) is 9.59 Å². The smallest absolute Gasteiger partial charge is 0.223 e. The molecule has 126 valence electrons. The Morgan fingerprint density at radius 3 is 2.35 bits per heavy atom. The first-order valence-corrected chi connectivity index (χ1v) is 7.97. The van der Waals surface area contributed by atoms with E-state index in [1.54, 1.807) is 12.0 Å². The Morgan fingerprint density at radius 2 is 1.83 bits per heavy atom. The van der Waals surface area contributed by atoms with Crippen molar-refractivity contribution in [3.05, 3.63) is 29.8 Å². The van der Waals surface area contributed by atoms with E-state index in [1.165, 1.54) is 10.5 Å². The minimum atomic E-state index is -1.17. The van der Waals surface area contributed by atoms with Crippen molar-refractivity contribution in [1.29, 1.82) is 0 Å². The number of ether oxygens (including phenoxy) is 1. The number of carbonyl (C=O) groups excluding carboxylic acids is 2. The molecule has 1 amide bonds. The van der Waals surface area contributed by atoms with Crippen molar-refractivity contribution in [3.63, 3.8) is 0 Å². The Morgan fingerprint density at radius 1 is 1.22 bits per heavy atom. The Hall–Kier alpha value is -2.08. The number of nitrogens with one attached hydrogen (secondary N) is 1. The summed E-state index contributed by atoms with van der Waals surface area (Å²) in [6, 6.07) is 8.43. The summed E-state index contributed by atoms with van der Waals surface area (Å²) < 4.78 is 5.18. The van der Waals surface area contributed by atoms with Crippen molar-refractivity contribution < 1.29 is 24.3 Å². The highest BCUT2D eigenvalue weighted by molar-refractivity contribution is 5.80. The maximum Gasteiger partial charge on any atom is 0.223 e. The second kappa shape index (κ2) is 7.97. The van der Waals surface area contributed by atoms with Gasteiger partial charge in [0.25, 0.3) is 0 Å². The average Bonchev–Trinajstić information content (AvgIpc) is 2.59. The van der Waals surface area contributed by atoms with Crippen molar-refractivity contribution in [3.8, 4) is 5.75 Å². The van der Waals surface area contributed by atoms with Gasteiger partial charge in [-0.05, 0) is 37.6 Å². The van der Waals surface area contributed by atoms with Crippen LogP contribution in [0.25, 0.3) is 0 Å². The third kappa shape index (κ3) is 4.69. The third-order valence-corrected chi connectivity index (χ3v) is 4.53. The number of hydrogen-bond acceptors (Lipinski definition) is 4. The molecule has 6 nitrogen and oxygen atoms in total. The third-order valence-electron chi connectivity index (χ3n) is 4.53. The molecule has 0 spiro atoms. The summed E-state index contributed by atoms with van der Waals surface area (Å²) in [7, 11) is 1.65. The van der Waals surface area contributed by atoms with E-state index in [-0.39, 0.29) is 18.7 Å². The van der Waals surface area contributed by atoms with Crippen molar-refractivity contribution in [1.82, 2.24) is 4.90 Å². The predicted molar refractivity (Wildman–Crippen MR) is 82.9 cm³/mol. The number of carboxylic acids is 1. The molecule has 1 saturated heterocycles. The lowest BCUT2D eigenvalue weighted by Crippen LogP contribution is -3.14. The van der Waals surface area contributed by atoms with Crippen LogP contribution in [0.2, 0.25) is 0 Å². The fourth-order valence-electron chi connectivity index (χ4n) is 2.97. The van der Waals surface area contributed by atoms with Crippen LogP contribution >= 0.6 is 0 Å². The summed E-state index contributed by atoms with van der Waals surface area (Å²) >= 11 is 0. The molecule has 1 aliphatic heterocycles. The molecule has 23 heavy (non-hydrogen) atoms. The second-order valence-corrected chi connectivity index (χ2v) is 5.91. The Bertz CT molecular complexity index is 536. The molecule has 1 atom stereocenters. The Kier molecular flexibility index (Phi) is 5.98. The van der Waals surface area contributed by atoms with Gasteiger partial charge in [0.1, 0.15) is 11.8 Å². The number of hydrogen-bond donors (Lipinski definition) is 1. The van der Waals surface area contributed by atoms with Gasteiger partial charge in [-0.15, -0.1) is 0 Å². The quantitative estimate of drug-likeness (QED) is 0.731. The van der Waals surface area contributed by atoms with Crippen molar-refractivity contribution >= 4 is 11.9 Å². The second-order valence-electron chi connectivity index (χ2n) is 5.91. The van der Waals surface area contributed by atoms with Gasteiger partial charge in [0.05, 0.1) is 33.3 Å². The number of nitrogens with zero attached hydrogens (tertiary/aromatic N) is 1. The molecular weight excluding hydrogens is 296 g/mol. The van der Waals surface area contributed by atoms with E-state index >= 15 is 0 Å². The molecule has 0 saturated carbocycles. The van der Waals surface area contributed by atoms with Crippen LogP contribution < -0.4 is 14.7 Å². The van der Waals surface area contributed by atoms with Gasteiger partial charge in [-0.2, -0.15) is 0 Å². The summed E-state index contributed by atoms with van der Waals surface area (Å²) in [6.45, 7) is 5.25. The first kappa shape index (κ1) is 17.3. The van der Waals surface area contributed by atoms with E-state index in [1.807, 2.05) is 12.1 Å². The van der Waals surface area contributed by atoms with Crippen LogP contribution in [0.1, 0.15) is 31.4 Å². The molecule has 1 aliphatic rings. The van der Waals surface area contributed by atoms with E-state index in [0.29, 0.717) is 19.1 Å². The SMILES string of the molecule is COc1ccc([C@@H](C)[NH+]2CCN(C(=O)CCC(=O)[O-])CC2)cc1. The number of benzene rings is 1. The molecule has 1 N–H and O–H groups in total. The highest BCUT2D eigenvalue weighted by Gasteiger charge is 2.27. The van der Waals surface area contributed by atoms with Crippen LogP contribution in [0, 0.1) is 0 Å². The minimum Gasteiger partial charge on any atom is -0.550 e. The summed E-state index contributed by atoms with van der Waals surface area (Å²) in [4.78, 5) is 25.6. The largest absolute Gasteiger partial charge is 0.550 e. The van der Waals surface area contributed by atoms with Crippen LogP contribution in [0.3, 0.4) is 0 Å². The van der Waals surface area contributed by atoms with Gasteiger partial charge >= 0.3 is 0 Å². The maximum absolute atomic E-state index is 11.9. The molecule has 0 unspecified atom stereocenters. The number of aliphatic carboxylic acids is 1. The van der Waals surface area contributed by atoms with E-state index in [4.69, 9.17) is 4.74 Å². The standard InChI is InChI=1S/C17H24N2O4/c1-13(14-3-5-15(23-2)6-4-14)18-9-11-19(12-10-18)16(20)7-8-17(21)22/h3-6,13H,7-12H2,1-2H3,(H,21,22)/t13-/m1/s1. The number of carboxylic acid groups (broad SMARTS) is 1. The molecule has 1 aromatic rings. The fraction of sp³-hybridized carbons (Fsp3) is 0.529. The molecule has 0 radical (unpaired) electrons. The number of amides is 1. The van der Waals surface area contributed by atoms with E-state index in [2.05, 4.69) is 19.1 Å². The molecule has 1 fully saturated rings. The minimum absolute atomic E-state index is 0.0334. The summed E-state index contributed by atoms with van der Waals surface area (Å²) in [5.41, 5.74) is 1.25. The lowest BCUT2D eigenvalue weighted by molar-refractivity contribution is -0.933. The zero-order valence-corrected chi connectivity index (χ0v) is 13.7. The number of quaternary nitrogens is 1. The van der Waals surface area contributed by atoms with Gasteiger partial charge in [0, 0.05) is 18.0 Å². The highest BCUT2D eigenvalue weighted by Crippen LogP contribution is 2.15. The Labute approximate surface area is 136 Å². The maximum atomic E-state index is 11.9. The molecular formula is C17H24N2O4. The van der Waals surface area contributed by atoms with Gasteiger partial charge in [-0.3, -0.25) is 4.79 Å². The molecule has 1 heterocycles. The molecule has 0 aromatic heterocycles. The molecule has 0 aliphatic carbocycles. The van der Waals surface area contributed by atoms with Crippen molar-refractivity contribution in [2.24, 2.45) is 0 Å². The molecule has 1 aromatic carbocycles. The van der Waals surface area contributed by atoms with Crippen LogP contribution in [-0.4, -0.2) is 50.1 Å².